The Morgan fingerprint density at radius 2 is 2.06 bits per heavy atom. The molecule has 8 nitrogen and oxygen atoms in total. The van der Waals surface area contributed by atoms with Crippen LogP contribution >= 0.6 is 0 Å². The monoisotopic (exact) mass is 257 g/mol. The fourth-order valence-electron chi connectivity index (χ4n) is 1.27. The van der Waals surface area contributed by atoms with Crippen molar-refractivity contribution in [1.82, 2.24) is 4.98 Å². The van der Waals surface area contributed by atoms with Crippen LogP contribution < -0.4 is 10.1 Å². The Morgan fingerprint density at radius 3 is 2.56 bits per heavy atom. The minimum atomic E-state index is -0.524. The number of nitro groups is 1. The summed E-state index contributed by atoms with van der Waals surface area (Å²) in [6.07, 6.45) is -0.516. The first kappa shape index (κ1) is 14.1. The molecule has 0 spiro atoms. The van der Waals surface area contributed by atoms with Crippen LogP contribution in [0.4, 0.5) is 11.5 Å². The summed E-state index contributed by atoms with van der Waals surface area (Å²) in [5.74, 6) is 0.396. The van der Waals surface area contributed by atoms with E-state index in [0.717, 1.165) is 0 Å². The van der Waals surface area contributed by atoms with Gasteiger partial charge in [-0.05, 0) is 0 Å². The quantitative estimate of drug-likeness (QED) is 0.442. The van der Waals surface area contributed by atoms with Crippen molar-refractivity contribution in [1.29, 1.82) is 0 Å². The van der Waals surface area contributed by atoms with Crippen molar-refractivity contribution in [3.05, 3.63) is 22.2 Å². The average Bonchev–Trinajstić information content (AvgIpc) is 2.39. The topological polar surface area (TPSA) is 95.8 Å². The summed E-state index contributed by atoms with van der Waals surface area (Å²) in [6.45, 7) is 0.230. The zero-order valence-corrected chi connectivity index (χ0v) is 10.4. The molecule has 0 saturated heterocycles. The van der Waals surface area contributed by atoms with E-state index in [2.05, 4.69) is 10.3 Å². The highest BCUT2D eigenvalue weighted by Gasteiger charge is 2.17. The van der Waals surface area contributed by atoms with Crippen LogP contribution in [0.3, 0.4) is 0 Å². The van der Waals surface area contributed by atoms with Gasteiger partial charge in [0.2, 0.25) is 11.7 Å². The highest BCUT2D eigenvalue weighted by molar-refractivity contribution is 5.57. The molecule has 1 aromatic rings. The van der Waals surface area contributed by atoms with Gasteiger partial charge >= 0.3 is 5.69 Å². The third kappa shape index (κ3) is 3.54. The van der Waals surface area contributed by atoms with Gasteiger partial charge in [-0.25, -0.2) is 0 Å². The lowest BCUT2D eigenvalue weighted by Gasteiger charge is -2.14. The molecule has 0 atom stereocenters. The second-order valence-corrected chi connectivity index (χ2v) is 3.26. The molecule has 0 aliphatic carbocycles. The number of methoxy groups -OCH3 is 3. The van der Waals surface area contributed by atoms with Crippen LogP contribution in [0.2, 0.25) is 0 Å². The van der Waals surface area contributed by atoms with E-state index in [-0.39, 0.29) is 23.9 Å². The molecule has 18 heavy (non-hydrogen) atoms. The molecule has 1 aromatic heterocycles. The van der Waals surface area contributed by atoms with E-state index >= 15 is 0 Å². The first-order chi connectivity index (χ1) is 8.62. The van der Waals surface area contributed by atoms with Crippen LogP contribution in [0.1, 0.15) is 0 Å². The maximum absolute atomic E-state index is 10.8. The van der Waals surface area contributed by atoms with Gasteiger partial charge in [0.05, 0.1) is 18.6 Å². The third-order valence-electron chi connectivity index (χ3n) is 2.22. The number of hydrogen-bond acceptors (Lipinski definition) is 7. The van der Waals surface area contributed by atoms with Crippen LogP contribution in [-0.4, -0.2) is 44.1 Å². The fraction of sp³-hybridized carbons (Fsp3) is 0.500. The van der Waals surface area contributed by atoms with Gasteiger partial charge in [-0.15, -0.1) is 0 Å². The van der Waals surface area contributed by atoms with Gasteiger partial charge in [-0.1, -0.05) is 0 Å². The number of hydrogen-bond donors (Lipinski definition) is 1. The maximum atomic E-state index is 10.8. The molecule has 0 amide bonds. The number of rotatable bonds is 7. The van der Waals surface area contributed by atoms with Gasteiger partial charge in [-0.3, -0.25) is 10.1 Å². The minimum Gasteiger partial charge on any atom is -0.481 e. The highest BCUT2D eigenvalue weighted by Crippen LogP contribution is 2.24. The molecule has 0 radical (unpaired) electrons. The summed E-state index contributed by atoms with van der Waals surface area (Å²) in [6, 6.07) is 2.75. The van der Waals surface area contributed by atoms with E-state index in [9.17, 15) is 10.1 Å². The summed E-state index contributed by atoms with van der Waals surface area (Å²) >= 11 is 0. The number of ether oxygens (including phenoxy) is 3. The normalized spacial score (nSPS) is 10.4. The van der Waals surface area contributed by atoms with E-state index in [1.807, 2.05) is 0 Å². The molecule has 0 bridgehead atoms. The molecule has 8 heteroatoms. The zero-order valence-electron chi connectivity index (χ0n) is 10.4. The Labute approximate surface area is 104 Å². The Kier molecular flexibility index (Phi) is 5.28. The van der Waals surface area contributed by atoms with Crippen molar-refractivity contribution in [3.8, 4) is 5.88 Å². The second-order valence-electron chi connectivity index (χ2n) is 3.26. The minimum absolute atomic E-state index is 0.110. The molecule has 0 saturated carbocycles. The van der Waals surface area contributed by atoms with Crippen molar-refractivity contribution in [2.75, 3.05) is 33.2 Å². The van der Waals surface area contributed by atoms with Crippen LogP contribution in [0, 0.1) is 10.1 Å². The van der Waals surface area contributed by atoms with E-state index in [4.69, 9.17) is 14.2 Å². The average molecular weight is 257 g/mol. The Morgan fingerprint density at radius 1 is 1.39 bits per heavy atom. The summed E-state index contributed by atoms with van der Waals surface area (Å²) < 4.78 is 14.8. The number of nitrogens with one attached hydrogen (secondary N) is 1. The zero-order chi connectivity index (χ0) is 13.5. The second kappa shape index (κ2) is 6.72. The molecular weight excluding hydrogens is 242 g/mol. The molecule has 1 N–H and O–H groups in total. The molecule has 0 fully saturated rings. The molecule has 100 valence electrons. The van der Waals surface area contributed by atoms with E-state index < -0.39 is 11.2 Å². The number of anilines is 1. The third-order valence-corrected chi connectivity index (χ3v) is 2.22. The molecule has 0 aliphatic rings. The Balaban J connectivity index is 2.87. The highest BCUT2D eigenvalue weighted by atomic mass is 16.7. The Hall–Kier alpha value is -1.93. The lowest BCUT2D eigenvalue weighted by Crippen LogP contribution is -2.24. The van der Waals surface area contributed by atoms with Gasteiger partial charge in [0.15, 0.2) is 6.29 Å². The molecule has 0 aromatic carbocycles. The van der Waals surface area contributed by atoms with E-state index in [1.54, 1.807) is 0 Å². The number of nitrogens with zero attached hydrogens (tertiary/aromatic N) is 2. The van der Waals surface area contributed by atoms with Crippen LogP contribution in [-0.2, 0) is 9.47 Å². The van der Waals surface area contributed by atoms with Crippen molar-refractivity contribution >= 4 is 11.5 Å². The predicted molar refractivity (Wildman–Crippen MR) is 63.7 cm³/mol. The molecule has 0 unspecified atom stereocenters. The van der Waals surface area contributed by atoms with E-state index in [1.165, 1.54) is 33.5 Å². The largest absolute Gasteiger partial charge is 0.481 e. The predicted octanol–water partition coefficient (Wildman–Crippen LogP) is 1.03. The van der Waals surface area contributed by atoms with Gasteiger partial charge in [0, 0.05) is 26.4 Å². The van der Waals surface area contributed by atoms with Crippen LogP contribution in [0.15, 0.2) is 12.1 Å². The van der Waals surface area contributed by atoms with Crippen molar-refractivity contribution in [3.63, 3.8) is 0 Å². The summed E-state index contributed by atoms with van der Waals surface area (Å²) in [7, 11) is 4.39. The van der Waals surface area contributed by atoms with Crippen molar-refractivity contribution < 1.29 is 19.1 Å². The standard InChI is InChI=1S/C10H15N3O5/c1-16-8-5-4-7(13(14)15)10(12-8)11-6-9(17-2)18-3/h4-5,9H,6H2,1-3H3,(H,11,12). The first-order valence-corrected chi connectivity index (χ1v) is 5.11. The van der Waals surface area contributed by atoms with Crippen molar-refractivity contribution in [2.24, 2.45) is 0 Å². The van der Waals surface area contributed by atoms with E-state index in [0.29, 0.717) is 0 Å². The van der Waals surface area contributed by atoms with Gasteiger partial charge in [0.1, 0.15) is 0 Å². The lowest BCUT2D eigenvalue weighted by atomic mass is 10.4. The van der Waals surface area contributed by atoms with Crippen LogP contribution in [0.5, 0.6) is 5.88 Å². The maximum Gasteiger partial charge on any atom is 0.311 e. The van der Waals surface area contributed by atoms with Crippen LogP contribution in [0.25, 0.3) is 0 Å². The van der Waals surface area contributed by atoms with Gasteiger partial charge in [-0.2, -0.15) is 4.98 Å². The van der Waals surface area contributed by atoms with Gasteiger partial charge < -0.3 is 19.5 Å². The summed E-state index contributed by atoms with van der Waals surface area (Å²) in [4.78, 5) is 14.3. The Bertz CT molecular complexity index is 408. The summed E-state index contributed by atoms with van der Waals surface area (Å²) in [5, 5.41) is 13.6. The molecule has 0 aliphatic heterocycles. The summed E-state index contributed by atoms with van der Waals surface area (Å²) in [5.41, 5.74) is -0.137. The number of pyridine rings is 1. The molecule has 1 heterocycles. The number of aromatic nitrogens is 1. The fourth-order valence-corrected chi connectivity index (χ4v) is 1.27. The lowest BCUT2D eigenvalue weighted by molar-refractivity contribution is -0.384. The smallest absolute Gasteiger partial charge is 0.311 e. The van der Waals surface area contributed by atoms with Crippen molar-refractivity contribution in [2.45, 2.75) is 6.29 Å². The molecule has 1 rings (SSSR count). The first-order valence-electron chi connectivity index (χ1n) is 5.11. The SMILES string of the molecule is COc1ccc([N+](=O)[O-])c(NCC(OC)OC)n1. The van der Waals surface area contributed by atoms with Gasteiger partial charge in [0.25, 0.3) is 0 Å². The molecular formula is C10H15N3O5.